The van der Waals surface area contributed by atoms with Gasteiger partial charge in [0.25, 0.3) is 0 Å². The maximum absolute atomic E-state index is 4.17. The lowest BCUT2D eigenvalue weighted by atomic mass is 10.4. The Morgan fingerprint density at radius 1 is 1.44 bits per heavy atom. The molecule has 0 spiro atoms. The van der Waals surface area contributed by atoms with Crippen molar-refractivity contribution in [2.24, 2.45) is 0 Å². The number of aromatic nitrogens is 1. The van der Waals surface area contributed by atoms with E-state index in [2.05, 4.69) is 10.3 Å². The summed E-state index contributed by atoms with van der Waals surface area (Å²) in [5.74, 6) is 0. The first-order valence-corrected chi connectivity index (χ1v) is 3.01. The molecule has 0 aliphatic heterocycles. The molecule has 0 N–H and O–H groups in total. The summed E-state index contributed by atoms with van der Waals surface area (Å²) in [4.78, 5) is 3.87. The average molecular weight is 121 g/mol. The van der Waals surface area contributed by atoms with Crippen LogP contribution in [0.3, 0.4) is 0 Å². The summed E-state index contributed by atoms with van der Waals surface area (Å²) in [6.45, 7) is 2.85. The molecule has 9 heavy (non-hydrogen) atoms. The molecular weight excluding hydrogens is 112 g/mol. The Labute approximate surface area is 54.9 Å². The van der Waals surface area contributed by atoms with Crippen LogP contribution in [0.25, 0.3) is 0 Å². The van der Waals surface area contributed by atoms with E-state index in [1.807, 2.05) is 19.1 Å². The van der Waals surface area contributed by atoms with E-state index in [0.717, 1.165) is 12.2 Å². The summed E-state index contributed by atoms with van der Waals surface area (Å²) in [5, 5.41) is 4.17. The summed E-state index contributed by atoms with van der Waals surface area (Å²) >= 11 is 0. The first-order valence-electron chi connectivity index (χ1n) is 3.01. The lowest BCUT2D eigenvalue weighted by molar-refractivity contribution is 0.910. The third-order valence-corrected chi connectivity index (χ3v) is 1.00. The van der Waals surface area contributed by atoms with E-state index in [1.54, 1.807) is 12.4 Å². The van der Waals surface area contributed by atoms with Gasteiger partial charge in [0.15, 0.2) is 0 Å². The largest absolute Gasteiger partial charge is 0.286 e. The van der Waals surface area contributed by atoms with E-state index in [1.165, 1.54) is 0 Å². The van der Waals surface area contributed by atoms with Crippen LogP contribution >= 0.6 is 0 Å². The summed E-state index contributed by atoms with van der Waals surface area (Å²) < 4.78 is 0. The van der Waals surface area contributed by atoms with Gasteiger partial charge in [-0.25, -0.2) is 0 Å². The monoisotopic (exact) mass is 121 g/mol. The number of nitrogens with zero attached hydrogens (tertiary/aromatic N) is 2. The fourth-order valence-corrected chi connectivity index (χ4v) is 0.632. The lowest BCUT2D eigenvalue weighted by Gasteiger charge is -1.94. The predicted octanol–water partition coefficient (Wildman–Crippen LogP) is 1.34. The van der Waals surface area contributed by atoms with Crippen LogP contribution in [-0.2, 0) is 0 Å². The number of rotatable bonds is 2. The van der Waals surface area contributed by atoms with E-state index in [9.17, 15) is 0 Å². The highest BCUT2D eigenvalue weighted by atomic mass is 14.9. The van der Waals surface area contributed by atoms with E-state index < -0.39 is 0 Å². The minimum Gasteiger partial charge on any atom is -0.286 e. The van der Waals surface area contributed by atoms with E-state index in [0.29, 0.717) is 0 Å². The molecule has 0 aromatic carbocycles. The summed E-state index contributed by atoms with van der Waals surface area (Å²) in [5.41, 5.74) is 1.01. The van der Waals surface area contributed by atoms with Crippen molar-refractivity contribution in [3.05, 3.63) is 24.5 Å². The molecule has 1 rings (SSSR count). The minimum atomic E-state index is 0.837. The maximum Gasteiger partial charge on any atom is 0.0604 e. The van der Waals surface area contributed by atoms with Gasteiger partial charge in [-0.1, -0.05) is 0 Å². The first-order chi connectivity index (χ1) is 4.43. The van der Waals surface area contributed by atoms with Gasteiger partial charge in [0.1, 0.15) is 0 Å². The average Bonchev–Trinajstić information content (AvgIpc) is 1.91. The Hall–Kier alpha value is -1.05. The molecule has 47 valence electrons. The Kier molecular flexibility index (Phi) is 2.07. The summed E-state index contributed by atoms with van der Waals surface area (Å²) in [6.07, 6.45) is 3.49. The molecule has 0 saturated heterocycles. The van der Waals surface area contributed by atoms with Crippen LogP contribution in [0.4, 0.5) is 5.69 Å². The van der Waals surface area contributed by atoms with Crippen LogP contribution < -0.4 is 5.32 Å². The second kappa shape index (κ2) is 3.07. The second-order valence-electron chi connectivity index (χ2n) is 1.68. The molecule has 1 aromatic heterocycles. The minimum absolute atomic E-state index is 0.837. The van der Waals surface area contributed by atoms with Crippen molar-refractivity contribution in [3.63, 3.8) is 0 Å². The third kappa shape index (κ3) is 1.72. The van der Waals surface area contributed by atoms with Gasteiger partial charge in [0, 0.05) is 18.9 Å². The zero-order valence-corrected chi connectivity index (χ0v) is 5.41. The van der Waals surface area contributed by atoms with Gasteiger partial charge in [-0.3, -0.25) is 10.3 Å². The van der Waals surface area contributed by atoms with Crippen LogP contribution in [0.1, 0.15) is 6.92 Å². The van der Waals surface area contributed by atoms with E-state index >= 15 is 0 Å². The fourth-order valence-electron chi connectivity index (χ4n) is 0.632. The lowest BCUT2D eigenvalue weighted by Crippen LogP contribution is -1.93. The van der Waals surface area contributed by atoms with Gasteiger partial charge in [-0.2, -0.15) is 0 Å². The zero-order valence-electron chi connectivity index (χ0n) is 5.41. The van der Waals surface area contributed by atoms with Gasteiger partial charge in [0.2, 0.25) is 0 Å². The SMILES string of the molecule is CC[N]c1ccncc1. The molecule has 0 amide bonds. The Morgan fingerprint density at radius 3 is 2.67 bits per heavy atom. The number of hydrogen-bond acceptors (Lipinski definition) is 1. The topological polar surface area (TPSA) is 27.0 Å². The molecule has 0 fully saturated rings. The van der Waals surface area contributed by atoms with Crippen molar-refractivity contribution in [2.45, 2.75) is 6.92 Å². The highest BCUT2D eigenvalue weighted by molar-refractivity contribution is 5.31. The Morgan fingerprint density at radius 2 is 2.11 bits per heavy atom. The summed E-state index contributed by atoms with van der Waals surface area (Å²) in [7, 11) is 0. The van der Waals surface area contributed by atoms with E-state index in [4.69, 9.17) is 0 Å². The molecule has 1 radical (unpaired) electrons. The van der Waals surface area contributed by atoms with Crippen LogP contribution in [0.15, 0.2) is 24.5 Å². The highest BCUT2D eigenvalue weighted by Gasteiger charge is 1.84. The van der Waals surface area contributed by atoms with Gasteiger partial charge in [-0.05, 0) is 19.1 Å². The molecule has 0 aliphatic carbocycles. The van der Waals surface area contributed by atoms with Crippen LogP contribution in [-0.4, -0.2) is 11.5 Å². The molecule has 2 heteroatoms. The molecule has 1 heterocycles. The Bertz CT molecular complexity index is 160. The molecule has 0 aliphatic rings. The predicted molar refractivity (Wildman–Crippen MR) is 36.6 cm³/mol. The maximum atomic E-state index is 4.17. The molecule has 0 unspecified atom stereocenters. The Balaban J connectivity index is 2.61. The van der Waals surface area contributed by atoms with Gasteiger partial charge < -0.3 is 0 Å². The van der Waals surface area contributed by atoms with Gasteiger partial charge in [0.05, 0.1) is 5.69 Å². The van der Waals surface area contributed by atoms with Gasteiger partial charge in [-0.15, -0.1) is 0 Å². The number of hydrogen-bond donors (Lipinski definition) is 0. The smallest absolute Gasteiger partial charge is 0.0604 e. The molecular formula is C7H9N2. The molecule has 0 bridgehead atoms. The molecule has 2 nitrogen and oxygen atoms in total. The highest BCUT2D eigenvalue weighted by Crippen LogP contribution is 2.01. The van der Waals surface area contributed by atoms with Crippen LogP contribution in [0.5, 0.6) is 0 Å². The van der Waals surface area contributed by atoms with Crippen LogP contribution in [0, 0.1) is 0 Å². The number of pyridine rings is 1. The third-order valence-electron chi connectivity index (χ3n) is 1.00. The van der Waals surface area contributed by atoms with Crippen molar-refractivity contribution in [1.29, 1.82) is 0 Å². The first kappa shape index (κ1) is 6.08. The second-order valence-corrected chi connectivity index (χ2v) is 1.68. The molecule has 1 aromatic rings. The zero-order chi connectivity index (χ0) is 6.53. The van der Waals surface area contributed by atoms with Crippen molar-refractivity contribution in [3.8, 4) is 0 Å². The summed E-state index contributed by atoms with van der Waals surface area (Å²) in [6, 6.07) is 3.78. The van der Waals surface area contributed by atoms with Crippen molar-refractivity contribution in [2.75, 3.05) is 6.54 Å². The van der Waals surface area contributed by atoms with E-state index in [-0.39, 0.29) is 0 Å². The molecule has 0 saturated carbocycles. The van der Waals surface area contributed by atoms with Crippen molar-refractivity contribution < 1.29 is 0 Å². The quantitative estimate of drug-likeness (QED) is 0.580. The fraction of sp³-hybridized carbons (Fsp3) is 0.286. The van der Waals surface area contributed by atoms with Crippen molar-refractivity contribution >= 4 is 5.69 Å². The van der Waals surface area contributed by atoms with Crippen LogP contribution in [0.2, 0.25) is 0 Å². The van der Waals surface area contributed by atoms with Gasteiger partial charge >= 0.3 is 0 Å². The van der Waals surface area contributed by atoms with Crippen molar-refractivity contribution in [1.82, 2.24) is 10.3 Å². The molecule has 0 atom stereocenters. The standard InChI is InChI=1S/C7H9N2/c1-2-9-7-3-5-8-6-4-7/h3-6H,2H2,1H3. The normalized spacial score (nSPS) is 9.00.